The van der Waals surface area contributed by atoms with Gasteiger partial charge in [0, 0.05) is 37.3 Å². The third-order valence-corrected chi connectivity index (χ3v) is 4.35. The number of nitrogens with one attached hydrogen (secondary N) is 1. The molecule has 0 aliphatic carbocycles. The van der Waals surface area contributed by atoms with Crippen molar-refractivity contribution >= 4 is 22.7 Å². The molecule has 13 heteroatoms. The second-order valence-corrected chi connectivity index (χ2v) is 6.68. The van der Waals surface area contributed by atoms with Crippen molar-refractivity contribution in [3.05, 3.63) is 62.8 Å². The molecule has 3 rings (SSSR count). The lowest BCUT2D eigenvalue weighted by atomic mass is 10.2. The van der Waals surface area contributed by atoms with Crippen molar-refractivity contribution in [2.45, 2.75) is 32.1 Å². The van der Waals surface area contributed by atoms with Crippen molar-refractivity contribution in [3.63, 3.8) is 0 Å². The van der Waals surface area contributed by atoms with Gasteiger partial charge in [0.25, 0.3) is 5.69 Å². The highest BCUT2D eigenvalue weighted by atomic mass is 19.4. The van der Waals surface area contributed by atoms with Crippen LogP contribution in [-0.2, 0) is 17.9 Å². The normalized spacial score (nSPS) is 11.5. The second kappa shape index (κ2) is 9.49. The first kappa shape index (κ1) is 22.8. The molecule has 0 aliphatic rings. The Balaban J connectivity index is 1.54. The molecule has 0 spiro atoms. The van der Waals surface area contributed by atoms with Crippen LogP contribution in [0, 0.1) is 10.1 Å². The van der Waals surface area contributed by atoms with Crippen LogP contribution in [0.4, 0.5) is 18.9 Å². The summed E-state index contributed by atoms with van der Waals surface area (Å²) in [5.41, 5.74) is 0.495. The van der Waals surface area contributed by atoms with E-state index in [4.69, 9.17) is 4.42 Å². The molecule has 0 fully saturated rings. The predicted octanol–water partition coefficient (Wildman–Crippen LogP) is 2.94. The van der Waals surface area contributed by atoms with E-state index < -0.39 is 29.4 Å². The molecule has 32 heavy (non-hydrogen) atoms. The summed E-state index contributed by atoms with van der Waals surface area (Å²) in [7, 11) is 0. The lowest BCUT2D eigenvalue weighted by Gasteiger charge is -2.12. The second-order valence-electron chi connectivity index (χ2n) is 6.68. The molecule has 10 nitrogen and oxygen atoms in total. The van der Waals surface area contributed by atoms with E-state index in [0.29, 0.717) is 5.52 Å². The van der Waals surface area contributed by atoms with Crippen molar-refractivity contribution in [1.82, 2.24) is 14.9 Å². The summed E-state index contributed by atoms with van der Waals surface area (Å²) < 4.78 is 48.0. The number of oxazole rings is 1. The summed E-state index contributed by atoms with van der Waals surface area (Å²) in [5, 5.41) is 13.4. The Morgan fingerprint density at radius 1 is 1.31 bits per heavy atom. The lowest BCUT2D eigenvalue weighted by Crippen LogP contribution is -2.25. The molecule has 1 amide bonds. The molecule has 1 aromatic carbocycles. The highest BCUT2D eigenvalue weighted by Gasteiger charge is 2.29. The van der Waals surface area contributed by atoms with Gasteiger partial charge in [0.05, 0.1) is 16.5 Å². The van der Waals surface area contributed by atoms with Gasteiger partial charge in [-0.05, 0) is 18.6 Å². The van der Waals surface area contributed by atoms with Gasteiger partial charge in [-0.2, -0.15) is 13.2 Å². The zero-order chi connectivity index (χ0) is 23.3. The Morgan fingerprint density at radius 3 is 2.81 bits per heavy atom. The fourth-order valence-corrected chi connectivity index (χ4v) is 2.90. The number of halogens is 3. The summed E-state index contributed by atoms with van der Waals surface area (Å²) >= 11 is 0. The fraction of sp³-hybridized carbons (Fsp3) is 0.316. The first-order chi connectivity index (χ1) is 15.1. The van der Waals surface area contributed by atoms with Gasteiger partial charge in [0.15, 0.2) is 12.2 Å². The van der Waals surface area contributed by atoms with Gasteiger partial charge in [0.2, 0.25) is 11.8 Å². The number of benzene rings is 1. The molecule has 0 atom stereocenters. The SMILES string of the molecule is O=C(CCCn1c(=O)oc2cc([N+](=O)[O-])ccc21)NCc1cccnc1OCC(F)(F)F. The molecule has 0 unspecified atom stereocenters. The molecule has 0 saturated carbocycles. The average Bonchev–Trinajstić information content (AvgIpc) is 3.05. The van der Waals surface area contributed by atoms with Crippen molar-refractivity contribution in [2.24, 2.45) is 0 Å². The maximum Gasteiger partial charge on any atom is 0.422 e. The average molecular weight is 454 g/mol. The number of aromatic nitrogens is 2. The number of nitro groups is 1. The first-order valence-electron chi connectivity index (χ1n) is 9.32. The Morgan fingerprint density at radius 2 is 2.09 bits per heavy atom. The molecule has 0 aliphatic heterocycles. The van der Waals surface area contributed by atoms with Crippen LogP contribution in [-0.4, -0.2) is 33.2 Å². The number of fused-ring (bicyclic) bond motifs is 1. The molecule has 0 bridgehead atoms. The van der Waals surface area contributed by atoms with Gasteiger partial charge < -0.3 is 14.5 Å². The highest BCUT2D eigenvalue weighted by Crippen LogP contribution is 2.21. The molecule has 3 aromatic rings. The van der Waals surface area contributed by atoms with Crippen LogP contribution >= 0.6 is 0 Å². The van der Waals surface area contributed by atoms with E-state index in [-0.39, 0.29) is 48.6 Å². The van der Waals surface area contributed by atoms with E-state index in [9.17, 15) is 32.9 Å². The number of rotatable bonds is 9. The molecule has 0 saturated heterocycles. The summed E-state index contributed by atoms with van der Waals surface area (Å²) in [6, 6.07) is 6.76. The number of pyridine rings is 1. The van der Waals surface area contributed by atoms with Gasteiger partial charge in [-0.25, -0.2) is 9.78 Å². The number of alkyl halides is 3. The van der Waals surface area contributed by atoms with Crippen molar-refractivity contribution in [2.75, 3.05) is 6.61 Å². The summed E-state index contributed by atoms with van der Waals surface area (Å²) in [4.78, 5) is 38.1. The topological polar surface area (TPSA) is 130 Å². The maximum absolute atomic E-state index is 12.3. The standard InChI is InChI=1S/C19H17F3N4O6/c20-19(21,22)11-31-17-12(3-1-7-23-17)10-24-16(27)4-2-8-25-14-6-5-13(26(29)30)9-15(14)32-18(25)28/h1,3,5-7,9H,2,4,8,10-11H2,(H,24,27). The summed E-state index contributed by atoms with van der Waals surface area (Å²) in [6.07, 6.45) is -2.97. The number of aryl methyl sites for hydroxylation is 1. The van der Waals surface area contributed by atoms with Crippen LogP contribution in [0.2, 0.25) is 0 Å². The van der Waals surface area contributed by atoms with Crippen LogP contribution in [0.5, 0.6) is 5.88 Å². The van der Waals surface area contributed by atoms with E-state index in [1.165, 1.54) is 35.0 Å². The van der Waals surface area contributed by atoms with Gasteiger partial charge in [-0.1, -0.05) is 6.07 Å². The first-order valence-corrected chi connectivity index (χ1v) is 9.32. The largest absolute Gasteiger partial charge is 0.468 e. The number of nitro benzene ring substituents is 1. The molecule has 170 valence electrons. The minimum absolute atomic E-state index is 0.0189. The number of carbonyl (C=O) groups is 1. The predicted molar refractivity (Wildman–Crippen MR) is 104 cm³/mol. The third-order valence-electron chi connectivity index (χ3n) is 4.35. The van der Waals surface area contributed by atoms with E-state index >= 15 is 0 Å². The number of hydrogen-bond acceptors (Lipinski definition) is 7. The van der Waals surface area contributed by atoms with Crippen LogP contribution in [0.1, 0.15) is 18.4 Å². The number of non-ortho nitro benzene ring substituents is 1. The van der Waals surface area contributed by atoms with E-state index in [0.717, 1.165) is 6.07 Å². The van der Waals surface area contributed by atoms with Gasteiger partial charge >= 0.3 is 11.9 Å². The van der Waals surface area contributed by atoms with Gasteiger partial charge in [-0.3, -0.25) is 19.5 Å². The van der Waals surface area contributed by atoms with E-state index in [1.807, 2.05) is 0 Å². The van der Waals surface area contributed by atoms with Crippen LogP contribution < -0.4 is 15.8 Å². The Bertz CT molecular complexity index is 1190. The highest BCUT2D eigenvalue weighted by molar-refractivity contribution is 5.76. The molecule has 0 radical (unpaired) electrons. The minimum atomic E-state index is -4.52. The number of ether oxygens (including phenoxy) is 1. The number of nitrogens with zero attached hydrogens (tertiary/aromatic N) is 3. The number of hydrogen-bond donors (Lipinski definition) is 1. The lowest BCUT2D eigenvalue weighted by molar-refractivity contribution is -0.384. The zero-order valence-corrected chi connectivity index (χ0v) is 16.4. The van der Waals surface area contributed by atoms with Gasteiger partial charge in [-0.15, -0.1) is 0 Å². The zero-order valence-electron chi connectivity index (χ0n) is 16.4. The molecular formula is C19H17F3N4O6. The third kappa shape index (κ3) is 5.83. The van der Waals surface area contributed by atoms with Crippen molar-refractivity contribution in [1.29, 1.82) is 0 Å². The summed E-state index contributed by atoms with van der Waals surface area (Å²) in [5.74, 6) is -1.33. The van der Waals surface area contributed by atoms with E-state index in [2.05, 4.69) is 15.0 Å². The smallest absolute Gasteiger partial charge is 0.422 e. The van der Waals surface area contributed by atoms with Gasteiger partial charge in [0.1, 0.15) is 0 Å². The maximum atomic E-state index is 12.3. The van der Waals surface area contributed by atoms with Crippen LogP contribution in [0.25, 0.3) is 11.1 Å². The Labute approximate surface area is 177 Å². The van der Waals surface area contributed by atoms with Crippen LogP contribution in [0.3, 0.4) is 0 Å². The van der Waals surface area contributed by atoms with Crippen molar-refractivity contribution in [3.8, 4) is 5.88 Å². The van der Waals surface area contributed by atoms with E-state index in [1.54, 1.807) is 0 Å². The Hall–Kier alpha value is -3.90. The summed E-state index contributed by atoms with van der Waals surface area (Å²) in [6.45, 7) is -1.45. The molecular weight excluding hydrogens is 437 g/mol. The number of amides is 1. The molecule has 2 heterocycles. The van der Waals surface area contributed by atoms with Crippen LogP contribution in [0.15, 0.2) is 45.7 Å². The molecule has 1 N–H and O–H groups in total. The monoisotopic (exact) mass is 454 g/mol. The molecule has 2 aromatic heterocycles. The minimum Gasteiger partial charge on any atom is -0.468 e. The fourth-order valence-electron chi connectivity index (χ4n) is 2.90. The number of carbonyl (C=O) groups excluding carboxylic acids is 1. The van der Waals surface area contributed by atoms with Crippen molar-refractivity contribution < 1.29 is 32.0 Å². The Kier molecular flexibility index (Phi) is 6.76. The quantitative estimate of drug-likeness (QED) is 0.389.